The summed E-state index contributed by atoms with van der Waals surface area (Å²) in [6, 6.07) is 4.14. The molecule has 1 heterocycles. The van der Waals surface area contributed by atoms with Gasteiger partial charge in [-0.15, -0.1) is 0 Å². The fraction of sp³-hybridized carbons (Fsp3) is 0.520. The number of nitrogens with two attached hydrogens (primary N) is 3. The number of likely N-dealkylation sites (N-methyl/N-ethyl adjacent to an activating group) is 1. The van der Waals surface area contributed by atoms with Crippen molar-refractivity contribution in [3.05, 3.63) is 59.7 Å². The van der Waals surface area contributed by atoms with E-state index in [0.29, 0.717) is 41.9 Å². The number of aliphatic carboxylic acids is 3. The second-order valence-electron chi connectivity index (χ2n) is 18.7. The Bertz CT molecular complexity index is 2400. The first kappa shape index (κ1) is 62.1. The minimum atomic E-state index is -1.89. The number of likely N-dealkylation sites (tertiary alicyclic amines) is 1. The van der Waals surface area contributed by atoms with Crippen molar-refractivity contribution in [2.75, 3.05) is 26.7 Å². The molecule has 0 bridgehead atoms. The van der Waals surface area contributed by atoms with E-state index < -0.39 is 133 Å². The first-order valence-electron chi connectivity index (χ1n) is 24.8. The molecule has 1 aliphatic rings. The molecule has 2 aromatic carbocycles. The Labute approximate surface area is 438 Å². The fourth-order valence-corrected chi connectivity index (χ4v) is 8.25. The number of ether oxygens (including phenoxy) is 1. The summed E-state index contributed by atoms with van der Waals surface area (Å²) in [5.41, 5.74) is 17.1. The predicted octanol–water partition coefficient (Wildman–Crippen LogP) is -0.290. The zero-order valence-corrected chi connectivity index (χ0v) is 42.7. The summed E-state index contributed by atoms with van der Waals surface area (Å²) in [5, 5.41) is 40.9. The summed E-state index contributed by atoms with van der Waals surface area (Å²) in [7, 11) is 1.28. The summed E-state index contributed by atoms with van der Waals surface area (Å²) in [6.45, 7) is 3.65. The van der Waals surface area contributed by atoms with E-state index in [9.17, 15) is 72.9 Å². The smallest absolute Gasteiger partial charge is 0.305 e. The maximum atomic E-state index is 14.2. The van der Waals surface area contributed by atoms with Crippen LogP contribution in [-0.4, -0.2) is 159 Å². The number of nitrogens with zero attached hydrogens (tertiary/aromatic N) is 2. The first-order chi connectivity index (χ1) is 35.9. The summed E-state index contributed by atoms with van der Waals surface area (Å²) < 4.78 is 5.72. The van der Waals surface area contributed by atoms with Gasteiger partial charge in [0, 0.05) is 63.0 Å². The number of carbonyl (C=O) groups is 12. The first-order valence-corrected chi connectivity index (χ1v) is 24.8. The van der Waals surface area contributed by atoms with Crippen LogP contribution in [0.5, 0.6) is 11.5 Å². The molecule has 9 amide bonds. The summed E-state index contributed by atoms with van der Waals surface area (Å²) in [5.74, 6) is -10.5. The SMILES string of the molecule is CC(C)CC(NC(=O)C(CCN)NC(=O)C(CC(=O)O)NC(=O)C(CCC(=O)O)NC(=O)CCCCNC(=O)c1ccc(Oc2ccc(C(N)=O)cc2)cc1)C(=O)N(C)C(CCC(=O)O)C(=O)N1CCCC1CC(N)=O. The van der Waals surface area contributed by atoms with E-state index >= 15 is 0 Å². The molecule has 0 spiro atoms. The van der Waals surface area contributed by atoms with Gasteiger partial charge in [0.1, 0.15) is 41.7 Å². The Morgan fingerprint density at radius 1 is 0.684 bits per heavy atom. The van der Waals surface area contributed by atoms with Crippen molar-refractivity contribution in [1.29, 1.82) is 0 Å². The highest BCUT2D eigenvalue weighted by Gasteiger charge is 2.40. The summed E-state index contributed by atoms with van der Waals surface area (Å²) in [4.78, 5) is 156. The standard InChI is InChI=1S/C50H70N10O16/c1-28(2)25-37(49(74)59(3)38(18-20-42(65)66)50(75)60-24-6-7-31(60)26-39(52)61)58-47(72)35(21-22-51)56-48(73)36(27-43(67)68)57-46(71)34(17-19-41(63)64)55-40(62)8-4-5-23-54-45(70)30-11-15-33(16-12-30)76-32-13-9-29(10-14-32)44(53)69/h9-16,28,31,34-38H,4-8,17-27,51H2,1-3H3,(H2,52,61)(H2,53,69)(H,54,70)(H,55,62)(H,56,73)(H,57,71)(H,58,72)(H,63,64)(H,65,66)(H,67,68). The molecule has 14 N–H and O–H groups in total. The Hall–Kier alpha value is -8.16. The van der Waals surface area contributed by atoms with Crippen LogP contribution >= 0.6 is 0 Å². The van der Waals surface area contributed by atoms with Gasteiger partial charge in [0.25, 0.3) is 5.91 Å². The van der Waals surface area contributed by atoms with E-state index in [0.717, 1.165) is 4.90 Å². The largest absolute Gasteiger partial charge is 0.481 e. The van der Waals surface area contributed by atoms with Crippen molar-refractivity contribution in [3.8, 4) is 11.5 Å². The molecule has 0 saturated carbocycles. The van der Waals surface area contributed by atoms with Crippen LogP contribution in [0.3, 0.4) is 0 Å². The molecule has 76 heavy (non-hydrogen) atoms. The van der Waals surface area contributed by atoms with E-state index in [1.807, 2.05) is 0 Å². The topological polar surface area (TPSA) is 419 Å². The van der Waals surface area contributed by atoms with Crippen LogP contribution in [0.4, 0.5) is 0 Å². The highest BCUT2D eigenvalue weighted by molar-refractivity contribution is 5.98. The highest BCUT2D eigenvalue weighted by Crippen LogP contribution is 2.25. The number of benzene rings is 2. The molecule has 1 fully saturated rings. The quantitative estimate of drug-likeness (QED) is 0.0409. The number of amides is 9. The van der Waals surface area contributed by atoms with E-state index in [-0.39, 0.29) is 64.1 Å². The molecule has 1 saturated heterocycles. The average Bonchev–Trinajstić information content (AvgIpc) is 3.81. The van der Waals surface area contributed by atoms with Crippen LogP contribution in [0.15, 0.2) is 48.5 Å². The van der Waals surface area contributed by atoms with Crippen LogP contribution in [0.25, 0.3) is 0 Å². The van der Waals surface area contributed by atoms with Gasteiger partial charge in [-0.1, -0.05) is 13.8 Å². The van der Waals surface area contributed by atoms with Crippen molar-refractivity contribution >= 4 is 71.1 Å². The number of carbonyl (C=O) groups excluding carboxylic acids is 9. The number of carboxylic acids is 3. The van der Waals surface area contributed by atoms with Crippen LogP contribution in [0.2, 0.25) is 0 Å². The minimum Gasteiger partial charge on any atom is -0.481 e. The monoisotopic (exact) mass is 1070 g/mol. The van der Waals surface area contributed by atoms with Gasteiger partial charge in [-0.3, -0.25) is 57.5 Å². The molecule has 0 aromatic heterocycles. The Kier molecular flexibility index (Phi) is 25.3. The molecule has 0 aliphatic carbocycles. The fourth-order valence-electron chi connectivity index (χ4n) is 8.25. The van der Waals surface area contributed by atoms with Crippen LogP contribution in [0.1, 0.15) is 118 Å². The predicted molar refractivity (Wildman–Crippen MR) is 270 cm³/mol. The summed E-state index contributed by atoms with van der Waals surface area (Å²) >= 11 is 0. The number of primary amides is 2. The molecule has 6 atom stereocenters. The van der Waals surface area contributed by atoms with Crippen LogP contribution < -0.4 is 48.5 Å². The number of unbranched alkanes of at least 4 members (excludes halogenated alkanes) is 1. The normalized spacial score (nSPS) is 14.9. The van der Waals surface area contributed by atoms with Gasteiger partial charge in [-0.05, 0) is 112 Å². The van der Waals surface area contributed by atoms with Crippen LogP contribution in [-0.2, 0) is 47.9 Å². The van der Waals surface area contributed by atoms with Crippen molar-refractivity contribution in [2.24, 2.45) is 23.1 Å². The van der Waals surface area contributed by atoms with Crippen LogP contribution in [0, 0.1) is 5.92 Å². The third-order valence-corrected chi connectivity index (χ3v) is 12.2. The second-order valence-corrected chi connectivity index (χ2v) is 18.7. The van der Waals surface area contributed by atoms with E-state index in [1.165, 1.54) is 36.2 Å². The lowest BCUT2D eigenvalue weighted by Crippen LogP contribution is -2.60. The molecule has 416 valence electrons. The van der Waals surface area contributed by atoms with Gasteiger partial charge in [0.2, 0.25) is 47.3 Å². The van der Waals surface area contributed by atoms with Gasteiger partial charge in [0.05, 0.1) is 6.42 Å². The van der Waals surface area contributed by atoms with Gasteiger partial charge < -0.3 is 73.6 Å². The molecule has 0 radical (unpaired) electrons. The Morgan fingerprint density at radius 3 is 1.76 bits per heavy atom. The third kappa shape index (κ3) is 21.0. The minimum absolute atomic E-state index is 0.00332. The molecule has 1 aliphatic heterocycles. The molecule has 26 nitrogen and oxygen atoms in total. The second kappa shape index (κ2) is 30.9. The molecule has 6 unspecified atom stereocenters. The van der Waals surface area contributed by atoms with Gasteiger partial charge in [-0.25, -0.2) is 0 Å². The van der Waals surface area contributed by atoms with E-state index in [4.69, 9.17) is 21.9 Å². The zero-order chi connectivity index (χ0) is 56.6. The highest BCUT2D eigenvalue weighted by atomic mass is 16.5. The van der Waals surface area contributed by atoms with Gasteiger partial charge in [0.15, 0.2) is 0 Å². The third-order valence-electron chi connectivity index (χ3n) is 12.2. The number of nitrogens with one attached hydrogen (secondary N) is 5. The molecular weight excluding hydrogens is 997 g/mol. The molecular formula is C50H70N10O16. The van der Waals surface area contributed by atoms with Crippen molar-refractivity contribution in [3.63, 3.8) is 0 Å². The summed E-state index contributed by atoms with van der Waals surface area (Å²) in [6.07, 6.45) is -2.01. The van der Waals surface area contributed by atoms with Crippen molar-refractivity contribution in [2.45, 2.75) is 134 Å². The number of carboxylic acid groups (broad SMARTS) is 3. The lowest BCUT2D eigenvalue weighted by molar-refractivity contribution is -0.148. The zero-order valence-electron chi connectivity index (χ0n) is 42.7. The lowest BCUT2D eigenvalue weighted by atomic mass is 9.99. The number of rotatable bonds is 33. The number of hydrogen-bond acceptors (Lipinski definition) is 14. The van der Waals surface area contributed by atoms with Gasteiger partial charge >= 0.3 is 17.9 Å². The number of hydrogen-bond donors (Lipinski definition) is 11. The Balaban J connectivity index is 1.65. The van der Waals surface area contributed by atoms with Crippen molar-refractivity contribution in [1.82, 2.24) is 36.4 Å². The lowest BCUT2D eigenvalue weighted by Gasteiger charge is -2.35. The maximum Gasteiger partial charge on any atom is 0.305 e. The Morgan fingerprint density at radius 2 is 1.22 bits per heavy atom. The molecule has 3 rings (SSSR count). The average molecular weight is 1070 g/mol. The maximum absolute atomic E-state index is 14.2. The van der Waals surface area contributed by atoms with Gasteiger partial charge in [-0.2, -0.15) is 0 Å². The molecule has 2 aromatic rings. The van der Waals surface area contributed by atoms with E-state index in [2.05, 4.69) is 26.6 Å². The molecule has 26 heteroatoms. The van der Waals surface area contributed by atoms with E-state index in [1.54, 1.807) is 38.1 Å². The van der Waals surface area contributed by atoms with Crippen molar-refractivity contribution < 1.29 is 77.6 Å².